The van der Waals surface area contributed by atoms with Crippen LogP contribution in [-0.2, 0) is 13.0 Å². The van der Waals surface area contributed by atoms with Crippen molar-refractivity contribution in [3.8, 4) is 5.75 Å². The van der Waals surface area contributed by atoms with E-state index in [-0.39, 0.29) is 11.4 Å². The van der Waals surface area contributed by atoms with Crippen molar-refractivity contribution in [3.05, 3.63) is 38.7 Å². The van der Waals surface area contributed by atoms with E-state index < -0.39 is 0 Å². The van der Waals surface area contributed by atoms with Crippen molar-refractivity contribution in [2.75, 3.05) is 13.1 Å². The highest BCUT2D eigenvalue weighted by Gasteiger charge is 2.22. The summed E-state index contributed by atoms with van der Waals surface area (Å²) in [6, 6.07) is 3.28. The Bertz CT molecular complexity index is 815. The number of aryl methyl sites for hydroxylation is 1. The maximum atomic E-state index is 12.1. The SMILES string of the molecule is CCCCc1cc(=O)oc2c(CN3CCCC(C)C3)c(O)c(Cl)cc12. The molecule has 1 aromatic carbocycles. The van der Waals surface area contributed by atoms with Crippen molar-refractivity contribution in [2.45, 2.75) is 52.5 Å². The van der Waals surface area contributed by atoms with E-state index in [2.05, 4.69) is 18.7 Å². The second kappa shape index (κ2) is 7.79. The van der Waals surface area contributed by atoms with Gasteiger partial charge in [0, 0.05) is 24.5 Å². The molecule has 0 bridgehead atoms. The number of nitrogens with zero attached hydrogens (tertiary/aromatic N) is 1. The van der Waals surface area contributed by atoms with Crippen LogP contribution in [0.5, 0.6) is 5.75 Å². The van der Waals surface area contributed by atoms with E-state index >= 15 is 0 Å². The third kappa shape index (κ3) is 4.01. The Kier molecular flexibility index (Phi) is 5.70. The molecule has 4 nitrogen and oxygen atoms in total. The standard InChI is InChI=1S/C20H26ClNO3/c1-3-4-7-14-9-18(23)25-20-15(14)10-17(21)19(24)16(20)12-22-8-5-6-13(2)11-22/h9-10,13,24H,3-8,11-12H2,1-2H3. The van der Waals surface area contributed by atoms with E-state index in [0.717, 1.165) is 49.7 Å². The Balaban J connectivity index is 2.08. The Morgan fingerprint density at radius 2 is 2.20 bits per heavy atom. The van der Waals surface area contributed by atoms with E-state index in [0.29, 0.717) is 28.6 Å². The van der Waals surface area contributed by atoms with Crippen LogP contribution in [0.3, 0.4) is 0 Å². The van der Waals surface area contributed by atoms with Crippen molar-refractivity contribution in [1.82, 2.24) is 4.90 Å². The predicted octanol–water partition coefficient (Wildman–Crippen LogP) is 4.73. The van der Waals surface area contributed by atoms with Crippen molar-refractivity contribution < 1.29 is 9.52 Å². The molecule has 1 N–H and O–H groups in total. The van der Waals surface area contributed by atoms with Gasteiger partial charge in [-0.05, 0) is 49.8 Å². The molecule has 1 atom stereocenters. The van der Waals surface area contributed by atoms with Crippen LogP contribution < -0.4 is 5.63 Å². The third-order valence-electron chi connectivity index (χ3n) is 5.07. The zero-order chi connectivity index (χ0) is 18.0. The van der Waals surface area contributed by atoms with Gasteiger partial charge in [-0.2, -0.15) is 0 Å². The Labute approximate surface area is 153 Å². The summed E-state index contributed by atoms with van der Waals surface area (Å²) in [6.07, 6.45) is 5.23. The van der Waals surface area contributed by atoms with Gasteiger partial charge in [0.1, 0.15) is 11.3 Å². The molecule has 1 aliphatic heterocycles. The largest absolute Gasteiger partial charge is 0.506 e. The van der Waals surface area contributed by atoms with Crippen LogP contribution in [0, 0.1) is 5.92 Å². The van der Waals surface area contributed by atoms with E-state index in [1.165, 1.54) is 6.42 Å². The maximum Gasteiger partial charge on any atom is 0.336 e. The fourth-order valence-corrected chi connectivity index (χ4v) is 3.98. The average molecular weight is 364 g/mol. The summed E-state index contributed by atoms with van der Waals surface area (Å²) in [7, 11) is 0. The first-order chi connectivity index (χ1) is 12.0. The average Bonchev–Trinajstić information content (AvgIpc) is 2.58. The van der Waals surface area contributed by atoms with Crippen molar-refractivity contribution in [1.29, 1.82) is 0 Å². The second-order valence-electron chi connectivity index (χ2n) is 7.24. The monoisotopic (exact) mass is 363 g/mol. The lowest BCUT2D eigenvalue weighted by Crippen LogP contribution is -2.33. The van der Waals surface area contributed by atoms with Gasteiger partial charge in [-0.25, -0.2) is 4.79 Å². The molecule has 3 rings (SSSR count). The molecule has 0 amide bonds. The lowest BCUT2D eigenvalue weighted by molar-refractivity contribution is 0.175. The van der Waals surface area contributed by atoms with Crippen molar-refractivity contribution >= 4 is 22.6 Å². The fraction of sp³-hybridized carbons (Fsp3) is 0.550. The number of hydrogen-bond acceptors (Lipinski definition) is 4. The van der Waals surface area contributed by atoms with Crippen molar-refractivity contribution in [3.63, 3.8) is 0 Å². The minimum absolute atomic E-state index is 0.0307. The highest BCUT2D eigenvalue weighted by Crippen LogP contribution is 2.37. The van der Waals surface area contributed by atoms with Crippen LogP contribution >= 0.6 is 11.6 Å². The molecule has 136 valence electrons. The van der Waals surface area contributed by atoms with Crippen LogP contribution in [0.1, 0.15) is 50.7 Å². The molecule has 0 radical (unpaired) electrons. The van der Waals surface area contributed by atoms with Crippen LogP contribution in [0.15, 0.2) is 21.3 Å². The number of likely N-dealkylation sites (tertiary alicyclic amines) is 1. The maximum absolute atomic E-state index is 12.1. The van der Waals surface area contributed by atoms with Gasteiger partial charge in [-0.3, -0.25) is 4.90 Å². The van der Waals surface area contributed by atoms with Gasteiger partial charge in [-0.15, -0.1) is 0 Å². The predicted molar refractivity (Wildman–Crippen MR) is 101 cm³/mol. The number of phenols is 1. The molecule has 0 aliphatic carbocycles. The van der Waals surface area contributed by atoms with Gasteiger partial charge in [0.2, 0.25) is 0 Å². The Morgan fingerprint density at radius 3 is 2.92 bits per heavy atom. The number of benzene rings is 1. The summed E-state index contributed by atoms with van der Waals surface area (Å²) in [5.74, 6) is 0.664. The molecule has 1 aromatic heterocycles. The number of hydrogen-bond donors (Lipinski definition) is 1. The number of phenolic OH excluding ortho intramolecular Hbond substituents is 1. The Morgan fingerprint density at radius 1 is 1.40 bits per heavy atom. The molecule has 0 saturated carbocycles. The van der Waals surface area contributed by atoms with E-state index in [1.54, 1.807) is 12.1 Å². The quantitative estimate of drug-likeness (QED) is 0.780. The van der Waals surface area contributed by atoms with Gasteiger partial charge in [0.15, 0.2) is 0 Å². The van der Waals surface area contributed by atoms with E-state index in [1.807, 2.05) is 0 Å². The molecule has 5 heteroatoms. The van der Waals surface area contributed by atoms with Gasteiger partial charge in [-0.1, -0.05) is 31.9 Å². The van der Waals surface area contributed by atoms with Gasteiger partial charge in [0.05, 0.1) is 10.6 Å². The zero-order valence-electron chi connectivity index (χ0n) is 15.0. The highest BCUT2D eigenvalue weighted by molar-refractivity contribution is 6.33. The lowest BCUT2D eigenvalue weighted by atomic mass is 9.98. The Hall–Kier alpha value is -1.52. The molecular formula is C20H26ClNO3. The third-order valence-corrected chi connectivity index (χ3v) is 5.35. The first kappa shape index (κ1) is 18.3. The molecule has 0 spiro atoms. The molecule has 2 aromatic rings. The number of rotatable bonds is 5. The summed E-state index contributed by atoms with van der Waals surface area (Å²) in [5.41, 5.74) is 1.70. The fourth-order valence-electron chi connectivity index (χ4n) is 3.75. The van der Waals surface area contributed by atoms with Crippen LogP contribution in [-0.4, -0.2) is 23.1 Å². The van der Waals surface area contributed by atoms with E-state index in [4.69, 9.17) is 16.0 Å². The minimum atomic E-state index is -0.367. The van der Waals surface area contributed by atoms with Crippen LogP contribution in [0.4, 0.5) is 0 Å². The molecule has 1 fully saturated rings. The molecule has 1 aliphatic rings. The first-order valence-corrected chi connectivity index (χ1v) is 9.56. The van der Waals surface area contributed by atoms with Gasteiger partial charge in [0.25, 0.3) is 0 Å². The lowest BCUT2D eigenvalue weighted by Gasteiger charge is -2.31. The number of halogens is 1. The van der Waals surface area contributed by atoms with E-state index in [9.17, 15) is 9.90 Å². The topological polar surface area (TPSA) is 53.7 Å². The number of aromatic hydroxyl groups is 1. The molecule has 25 heavy (non-hydrogen) atoms. The number of piperidine rings is 1. The van der Waals surface area contributed by atoms with Crippen molar-refractivity contribution in [2.24, 2.45) is 5.92 Å². The highest BCUT2D eigenvalue weighted by atomic mass is 35.5. The zero-order valence-corrected chi connectivity index (χ0v) is 15.7. The molecule has 1 unspecified atom stereocenters. The summed E-state index contributed by atoms with van der Waals surface area (Å²) >= 11 is 6.30. The normalized spacial score (nSPS) is 18.8. The van der Waals surface area contributed by atoms with Gasteiger partial charge < -0.3 is 9.52 Å². The molecule has 2 heterocycles. The molecule has 1 saturated heterocycles. The van der Waals surface area contributed by atoms with Crippen LogP contribution in [0.2, 0.25) is 5.02 Å². The van der Waals surface area contributed by atoms with Crippen LogP contribution in [0.25, 0.3) is 11.0 Å². The summed E-state index contributed by atoms with van der Waals surface area (Å²) in [6.45, 7) is 6.87. The summed E-state index contributed by atoms with van der Waals surface area (Å²) < 4.78 is 5.52. The minimum Gasteiger partial charge on any atom is -0.506 e. The summed E-state index contributed by atoms with van der Waals surface area (Å²) in [4.78, 5) is 14.4. The first-order valence-electron chi connectivity index (χ1n) is 9.19. The summed E-state index contributed by atoms with van der Waals surface area (Å²) in [5, 5.41) is 11.7. The molecular weight excluding hydrogens is 338 g/mol. The number of fused-ring (bicyclic) bond motifs is 1. The smallest absolute Gasteiger partial charge is 0.336 e. The van der Waals surface area contributed by atoms with Gasteiger partial charge >= 0.3 is 5.63 Å². The number of unbranched alkanes of at least 4 members (excludes halogenated alkanes) is 1. The second-order valence-corrected chi connectivity index (χ2v) is 7.65.